The van der Waals surface area contributed by atoms with Gasteiger partial charge in [0, 0.05) is 12.5 Å². The van der Waals surface area contributed by atoms with Crippen LogP contribution in [0.4, 0.5) is 0 Å². The van der Waals surface area contributed by atoms with Crippen molar-refractivity contribution in [3.05, 3.63) is 11.4 Å². The molecule has 0 spiro atoms. The molecule has 7 heavy (non-hydrogen) atoms. The van der Waals surface area contributed by atoms with E-state index in [0.717, 1.165) is 6.42 Å². The molecular weight excluding hydrogens is 107 g/mol. The number of hydrogen-bond donors (Lipinski definition) is 1. The summed E-state index contributed by atoms with van der Waals surface area (Å²) in [6.45, 7) is 0.319. The topological polar surface area (TPSA) is 20.2 Å². The number of allylic oxidation sites excluding steroid dienone is 2. The van der Waals surface area contributed by atoms with Gasteiger partial charge in [-0.15, -0.1) is 9.24 Å². The zero-order valence-corrected chi connectivity index (χ0v) is 5.25. The Kier molecular flexibility index (Phi) is 1.46. The van der Waals surface area contributed by atoms with Gasteiger partial charge in [-0.1, -0.05) is 6.08 Å². The van der Waals surface area contributed by atoms with Crippen LogP contribution in [0.3, 0.4) is 0 Å². The standard InChI is InChI=1S/C5H9OP/c6-2-1-4-3-5(4)7/h3-4,6H,1-2,7H2/t4-/m1/s1. The van der Waals surface area contributed by atoms with Crippen molar-refractivity contribution in [2.75, 3.05) is 6.61 Å². The Labute approximate surface area is 45.6 Å². The van der Waals surface area contributed by atoms with Crippen molar-refractivity contribution in [1.82, 2.24) is 0 Å². The van der Waals surface area contributed by atoms with E-state index in [9.17, 15) is 0 Å². The Morgan fingerprint density at radius 1 is 1.86 bits per heavy atom. The van der Waals surface area contributed by atoms with Crippen molar-refractivity contribution < 1.29 is 5.11 Å². The summed E-state index contributed by atoms with van der Waals surface area (Å²) in [5, 5.41) is 9.71. The van der Waals surface area contributed by atoms with Gasteiger partial charge in [0.2, 0.25) is 0 Å². The summed E-state index contributed by atoms with van der Waals surface area (Å²) in [6, 6.07) is 0. The summed E-state index contributed by atoms with van der Waals surface area (Å²) >= 11 is 0. The Morgan fingerprint density at radius 2 is 2.43 bits per heavy atom. The van der Waals surface area contributed by atoms with E-state index in [4.69, 9.17) is 5.11 Å². The monoisotopic (exact) mass is 116 g/mol. The highest BCUT2D eigenvalue weighted by Crippen LogP contribution is 2.36. The molecule has 1 N–H and O–H groups in total. The summed E-state index contributed by atoms with van der Waals surface area (Å²) < 4.78 is 0. The first kappa shape index (κ1) is 5.27. The van der Waals surface area contributed by atoms with Crippen LogP contribution in [0.15, 0.2) is 11.4 Å². The van der Waals surface area contributed by atoms with Gasteiger partial charge >= 0.3 is 0 Å². The predicted octanol–water partition coefficient (Wildman–Crippen LogP) is 0.758. The minimum absolute atomic E-state index is 0.319. The Balaban J connectivity index is 2.03. The first-order chi connectivity index (χ1) is 3.34. The van der Waals surface area contributed by atoms with Crippen LogP contribution in [0.1, 0.15) is 6.42 Å². The average Bonchev–Trinajstić information content (AvgIpc) is 2.22. The van der Waals surface area contributed by atoms with E-state index in [0.29, 0.717) is 12.5 Å². The molecule has 0 bridgehead atoms. The van der Waals surface area contributed by atoms with Crippen molar-refractivity contribution >= 4 is 9.24 Å². The van der Waals surface area contributed by atoms with E-state index in [2.05, 4.69) is 15.3 Å². The molecule has 40 valence electrons. The van der Waals surface area contributed by atoms with Crippen LogP contribution in [0.25, 0.3) is 0 Å². The van der Waals surface area contributed by atoms with E-state index < -0.39 is 0 Å². The van der Waals surface area contributed by atoms with Gasteiger partial charge in [0.1, 0.15) is 0 Å². The second kappa shape index (κ2) is 1.94. The molecule has 0 heterocycles. The summed E-state index contributed by atoms with van der Waals surface area (Å²) in [6.07, 6.45) is 3.06. The second-order valence-electron chi connectivity index (χ2n) is 1.79. The largest absolute Gasteiger partial charge is 0.396 e. The van der Waals surface area contributed by atoms with Gasteiger partial charge in [-0.3, -0.25) is 0 Å². The molecular formula is C5H9OP. The third-order valence-electron chi connectivity index (χ3n) is 1.15. The maximum Gasteiger partial charge on any atom is 0.0439 e. The van der Waals surface area contributed by atoms with Crippen LogP contribution in [0.5, 0.6) is 0 Å². The number of aliphatic hydroxyl groups is 1. The van der Waals surface area contributed by atoms with Crippen LogP contribution in [-0.2, 0) is 0 Å². The normalized spacial score (nSPS) is 27.1. The van der Waals surface area contributed by atoms with Crippen LogP contribution < -0.4 is 0 Å². The summed E-state index contributed by atoms with van der Waals surface area (Å²) in [5.74, 6) is 0.620. The first-order valence-electron chi connectivity index (χ1n) is 2.42. The third-order valence-corrected chi connectivity index (χ3v) is 1.77. The number of rotatable bonds is 2. The lowest BCUT2D eigenvalue weighted by molar-refractivity contribution is 0.283. The van der Waals surface area contributed by atoms with Crippen LogP contribution in [0, 0.1) is 5.92 Å². The lowest BCUT2D eigenvalue weighted by Crippen LogP contribution is -1.84. The minimum Gasteiger partial charge on any atom is -0.396 e. The fraction of sp³-hybridized carbons (Fsp3) is 0.600. The SMILES string of the molecule is OCC[C@@H]1C=C1P. The summed E-state index contributed by atoms with van der Waals surface area (Å²) in [7, 11) is 2.63. The number of aliphatic hydroxyl groups excluding tert-OH is 1. The smallest absolute Gasteiger partial charge is 0.0439 e. The Bertz CT molecular complexity index is 98.3. The van der Waals surface area contributed by atoms with Crippen LogP contribution in [-0.4, -0.2) is 11.7 Å². The lowest BCUT2D eigenvalue weighted by atomic mass is 10.3. The van der Waals surface area contributed by atoms with Crippen molar-refractivity contribution in [2.45, 2.75) is 6.42 Å². The molecule has 1 rings (SSSR count). The van der Waals surface area contributed by atoms with Gasteiger partial charge in [0.15, 0.2) is 0 Å². The van der Waals surface area contributed by atoms with Gasteiger partial charge in [-0.2, -0.15) is 0 Å². The van der Waals surface area contributed by atoms with Gasteiger partial charge in [-0.05, 0) is 11.7 Å². The van der Waals surface area contributed by atoms with E-state index in [1.807, 2.05) is 0 Å². The van der Waals surface area contributed by atoms with Crippen molar-refractivity contribution in [1.29, 1.82) is 0 Å². The molecule has 2 atom stereocenters. The van der Waals surface area contributed by atoms with Crippen molar-refractivity contribution in [3.8, 4) is 0 Å². The molecule has 1 aliphatic carbocycles. The van der Waals surface area contributed by atoms with Crippen LogP contribution in [0.2, 0.25) is 0 Å². The predicted molar refractivity (Wildman–Crippen MR) is 33.0 cm³/mol. The molecule has 2 heteroatoms. The molecule has 0 radical (unpaired) electrons. The van der Waals surface area contributed by atoms with Crippen molar-refractivity contribution in [3.63, 3.8) is 0 Å². The third kappa shape index (κ3) is 1.25. The highest BCUT2D eigenvalue weighted by Gasteiger charge is 2.18. The molecule has 1 unspecified atom stereocenters. The molecule has 0 saturated heterocycles. The molecule has 0 amide bonds. The van der Waals surface area contributed by atoms with Gasteiger partial charge in [-0.25, -0.2) is 0 Å². The Hall–Kier alpha value is 0.130. The van der Waals surface area contributed by atoms with Crippen molar-refractivity contribution in [2.24, 2.45) is 5.92 Å². The summed E-state index contributed by atoms with van der Waals surface area (Å²) in [4.78, 5) is 0. The van der Waals surface area contributed by atoms with E-state index in [1.165, 1.54) is 5.31 Å². The quantitative estimate of drug-likeness (QED) is 0.528. The second-order valence-corrected chi connectivity index (χ2v) is 2.45. The highest BCUT2D eigenvalue weighted by molar-refractivity contribution is 7.23. The van der Waals surface area contributed by atoms with Crippen LogP contribution >= 0.6 is 9.24 Å². The molecule has 0 aliphatic heterocycles. The maximum atomic E-state index is 8.35. The molecule has 0 aromatic carbocycles. The van der Waals surface area contributed by atoms with Gasteiger partial charge in [0.05, 0.1) is 0 Å². The zero-order valence-electron chi connectivity index (χ0n) is 4.09. The first-order valence-corrected chi connectivity index (χ1v) is 3.00. The highest BCUT2D eigenvalue weighted by atomic mass is 31.0. The fourth-order valence-electron chi connectivity index (χ4n) is 0.573. The van der Waals surface area contributed by atoms with E-state index in [-0.39, 0.29) is 0 Å². The molecule has 1 nitrogen and oxygen atoms in total. The Morgan fingerprint density at radius 3 is 2.57 bits per heavy atom. The molecule has 0 fully saturated rings. The molecule has 0 saturated carbocycles. The van der Waals surface area contributed by atoms with Gasteiger partial charge in [0.25, 0.3) is 0 Å². The fourth-order valence-corrected chi connectivity index (χ4v) is 0.972. The average molecular weight is 116 g/mol. The van der Waals surface area contributed by atoms with E-state index >= 15 is 0 Å². The zero-order chi connectivity index (χ0) is 5.28. The number of hydrogen-bond acceptors (Lipinski definition) is 1. The summed E-state index contributed by atoms with van der Waals surface area (Å²) in [5.41, 5.74) is 0. The van der Waals surface area contributed by atoms with E-state index in [1.54, 1.807) is 0 Å². The molecule has 0 aromatic rings. The maximum absolute atomic E-state index is 8.35. The minimum atomic E-state index is 0.319. The lowest BCUT2D eigenvalue weighted by Gasteiger charge is -1.88. The van der Waals surface area contributed by atoms with Gasteiger partial charge < -0.3 is 5.11 Å². The molecule has 1 aliphatic rings. The molecule has 0 aromatic heterocycles.